The lowest BCUT2D eigenvalue weighted by atomic mass is 9.97. The Labute approximate surface area is 180 Å². The number of benzene rings is 2. The average molecular weight is 439 g/mol. The molecule has 0 N–H and O–H groups in total. The fourth-order valence-electron chi connectivity index (χ4n) is 3.29. The number of nitrogens with zero attached hydrogens (tertiary/aromatic N) is 1. The zero-order valence-electron chi connectivity index (χ0n) is 17.8. The first-order valence-corrected chi connectivity index (χ1v) is 9.26. The Morgan fingerprint density at radius 2 is 1.44 bits per heavy atom. The predicted molar refractivity (Wildman–Crippen MR) is 110 cm³/mol. The molecule has 1 aromatic rings. The molecule has 3 rings (SSSR count). The highest BCUT2D eigenvalue weighted by atomic mass is 16.7. The van der Waals surface area contributed by atoms with Crippen LogP contribution in [-0.2, 0) is 4.74 Å². The van der Waals surface area contributed by atoms with Crippen LogP contribution in [0.4, 0.5) is 4.79 Å². The minimum Gasteiger partial charge on any atom is -0.451 e. The average Bonchev–Trinajstić information content (AvgIpc) is 2.70. The summed E-state index contributed by atoms with van der Waals surface area (Å²) < 4.78 is 15.4. The van der Waals surface area contributed by atoms with Gasteiger partial charge in [0.05, 0.1) is 18.2 Å². The molecular formula is C22H17NO9. The van der Waals surface area contributed by atoms with E-state index >= 15 is 0 Å². The number of fused-ring (bicyclic) bond motifs is 2. The van der Waals surface area contributed by atoms with Crippen LogP contribution >= 0.6 is 0 Å². The quantitative estimate of drug-likeness (QED) is 0.251. The lowest BCUT2D eigenvalue weighted by molar-refractivity contribution is 0.0980. The van der Waals surface area contributed by atoms with E-state index in [9.17, 15) is 28.8 Å². The van der Waals surface area contributed by atoms with Crippen molar-refractivity contribution in [3.05, 3.63) is 44.6 Å². The Hall–Kier alpha value is -4.21. The number of rotatable bonds is 5. The summed E-state index contributed by atoms with van der Waals surface area (Å²) in [6.07, 6.45) is -1.12. The standard InChI is InChI=1S/C22H17NO9/c1-8(24)12-7-15(31-22(29)30-5)18-21(16(12)10(3)26)32-20-14(23-18)6-13(9(2)25)19(28)17(20)11(4)27/h6-7H,1-5H3. The highest BCUT2D eigenvalue weighted by molar-refractivity contribution is 6.15. The van der Waals surface area contributed by atoms with E-state index in [1.165, 1.54) is 13.8 Å². The Kier molecular flexibility index (Phi) is 5.72. The molecule has 0 saturated heterocycles. The second kappa shape index (κ2) is 8.14. The molecule has 0 aromatic heterocycles. The third kappa shape index (κ3) is 3.66. The van der Waals surface area contributed by atoms with Crippen LogP contribution in [0.2, 0.25) is 0 Å². The third-order valence-corrected chi connectivity index (χ3v) is 4.69. The van der Waals surface area contributed by atoms with Crippen LogP contribution in [0.5, 0.6) is 5.75 Å². The van der Waals surface area contributed by atoms with Crippen molar-refractivity contribution in [1.29, 1.82) is 0 Å². The van der Waals surface area contributed by atoms with Gasteiger partial charge in [0.25, 0.3) is 0 Å². The monoisotopic (exact) mass is 439 g/mol. The van der Waals surface area contributed by atoms with Crippen molar-refractivity contribution < 1.29 is 37.9 Å². The minimum atomic E-state index is -1.12. The number of carbonyl (C=O) groups excluding carboxylic acids is 5. The van der Waals surface area contributed by atoms with Gasteiger partial charge in [0.1, 0.15) is 11.3 Å². The number of methoxy groups -OCH3 is 1. The second-order valence-corrected chi connectivity index (χ2v) is 6.95. The molecule has 0 saturated carbocycles. The Morgan fingerprint density at radius 1 is 0.844 bits per heavy atom. The maximum absolute atomic E-state index is 12.7. The molecule has 1 aliphatic heterocycles. The van der Waals surface area contributed by atoms with E-state index in [-0.39, 0.29) is 45.0 Å². The van der Waals surface area contributed by atoms with Crippen LogP contribution < -0.4 is 10.2 Å². The fraction of sp³-hybridized carbons (Fsp3) is 0.227. The number of ketones is 4. The van der Waals surface area contributed by atoms with Gasteiger partial charge < -0.3 is 13.9 Å². The molecule has 10 heteroatoms. The summed E-state index contributed by atoms with van der Waals surface area (Å²) in [6.45, 7) is 4.65. The van der Waals surface area contributed by atoms with E-state index < -0.39 is 40.3 Å². The molecule has 1 heterocycles. The lowest BCUT2D eigenvalue weighted by Crippen LogP contribution is -2.22. The van der Waals surface area contributed by atoms with Gasteiger partial charge in [0, 0.05) is 5.56 Å². The number of ether oxygens (including phenoxy) is 2. The number of Topliss-reactive ketones (excluding diaryl/α,β-unsaturated/α-hetero) is 4. The van der Waals surface area contributed by atoms with Gasteiger partial charge in [0.2, 0.25) is 5.43 Å². The molecule has 2 aliphatic rings. The van der Waals surface area contributed by atoms with Gasteiger partial charge in [-0.15, -0.1) is 0 Å². The van der Waals surface area contributed by atoms with E-state index in [1.807, 2.05) is 0 Å². The lowest BCUT2D eigenvalue weighted by Gasteiger charge is -2.16. The molecule has 0 radical (unpaired) electrons. The molecule has 0 bridgehead atoms. The van der Waals surface area contributed by atoms with E-state index in [1.54, 1.807) is 0 Å². The molecule has 32 heavy (non-hydrogen) atoms. The third-order valence-electron chi connectivity index (χ3n) is 4.69. The molecule has 10 nitrogen and oxygen atoms in total. The summed E-state index contributed by atoms with van der Waals surface area (Å²) >= 11 is 0. The van der Waals surface area contributed by atoms with Crippen LogP contribution in [0.3, 0.4) is 0 Å². The van der Waals surface area contributed by atoms with Crippen LogP contribution in [-0.4, -0.2) is 41.4 Å². The smallest absolute Gasteiger partial charge is 0.451 e. The van der Waals surface area contributed by atoms with Gasteiger partial charge in [-0.05, 0) is 39.8 Å². The molecule has 0 unspecified atom stereocenters. The van der Waals surface area contributed by atoms with Crippen molar-refractivity contribution in [3.8, 4) is 17.2 Å². The summed E-state index contributed by atoms with van der Waals surface area (Å²) in [5.74, 6) is -2.91. The Morgan fingerprint density at radius 3 is 1.94 bits per heavy atom. The molecule has 1 aromatic carbocycles. The molecular weight excluding hydrogens is 422 g/mol. The molecule has 0 atom stereocenters. The maximum atomic E-state index is 12.7. The molecule has 0 fully saturated rings. The van der Waals surface area contributed by atoms with E-state index in [0.717, 1.165) is 33.1 Å². The molecule has 0 spiro atoms. The number of carbonyl (C=O) groups is 5. The van der Waals surface area contributed by atoms with Gasteiger partial charge in [0.15, 0.2) is 45.7 Å². The van der Waals surface area contributed by atoms with Crippen molar-refractivity contribution >= 4 is 40.4 Å². The number of aromatic nitrogens is 1. The normalized spacial score (nSPS) is 10.8. The van der Waals surface area contributed by atoms with Crippen molar-refractivity contribution in [1.82, 2.24) is 4.98 Å². The first-order chi connectivity index (χ1) is 15.0. The van der Waals surface area contributed by atoms with Crippen LogP contribution in [0.25, 0.3) is 22.6 Å². The van der Waals surface area contributed by atoms with Crippen molar-refractivity contribution in [2.75, 3.05) is 7.11 Å². The van der Waals surface area contributed by atoms with Crippen molar-refractivity contribution in [3.63, 3.8) is 0 Å². The van der Waals surface area contributed by atoms with Crippen LogP contribution in [0.1, 0.15) is 69.1 Å². The summed E-state index contributed by atoms with van der Waals surface area (Å²) in [5, 5.41) is 0. The van der Waals surface area contributed by atoms with Gasteiger partial charge in [-0.25, -0.2) is 9.78 Å². The van der Waals surface area contributed by atoms with E-state index in [4.69, 9.17) is 9.15 Å². The SMILES string of the molecule is COC(=O)Oc1cc(C(C)=O)c(C(C)=O)c2oc3c(C(C)=O)c(=O)c(C(C)=O)cc-3nc12. The first-order valence-electron chi connectivity index (χ1n) is 9.26. The largest absolute Gasteiger partial charge is 0.513 e. The van der Waals surface area contributed by atoms with Crippen molar-refractivity contribution in [2.45, 2.75) is 27.7 Å². The zero-order valence-corrected chi connectivity index (χ0v) is 17.8. The first kappa shape index (κ1) is 22.5. The van der Waals surface area contributed by atoms with Gasteiger partial charge in [-0.1, -0.05) is 0 Å². The van der Waals surface area contributed by atoms with Crippen LogP contribution in [0.15, 0.2) is 21.3 Å². The molecule has 0 amide bonds. The highest BCUT2D eigenvalue weighted by Crippen LogP contribution is 2.36. The van der Waals surface area contributed by atoms with Crippen LogP contribution in [0, 0.1) is 0 Å². The van der Waals surface area contributed by atoms with E-state index in [2.05, 4.69) is 9.72 Å². The molecule has 164 valence electrons. The Balaban J connectivity index is 2.62. The zero-order chi connectivity index (χ0) is 23.9. The fourth-order valence-corrected chi connectivity index (χ4v) is 3.29. The number of hydrogen-bond donors (Lipinski definition) is 0. The summed E-state index contributed by atoms with van der Waals surface area (Å²) in [4.78, 5) is 77.5. The predicted octanol–water partition coefficient (Wildman–Crippen LogP) is 3.25. The van der Waals surface area contributed by atoms with Crippen molar-refractivity contribution in [2.24, 2.45) is 0 Å². The summed E-state index contributed by atoms with van der Waals surface area (Å²) in [5.41, 5.74) is -2.34. The summed E-state index contributed by atoms with van der Waals surface area (Å²) in [7, 11) is 1.07. The summed E-state index contributed by atoms with van der Waals surface area (Å²) in [6, 6.07) is 2.29. The Bertz CT molecular complexity index is 1380. The maximum Gasteiger partial charge on any atom is 0.513 e. The minimum absolute atomic E-state index is 0.0627. The van der Waals surface area contributed by atoms with Gasteiger partial charge >= 0.3 is 6.16 Å². The second-order valence-electron chi connectivity index (χ2n) is 6.95. The van der Waals surface area contributed by atoms with Gasteiger partial charge in [-0.3, -0.25) is 24.0 Å². The van der Waals surface area contributed by atoms with Gasteiger partial charge in [-0.2, -0.15) is 0 Å². The molecule has 1 aliphatic carbocycles. The highest BCUT2D eigenvalue weighted by Gasteiger charge is 2.29. The topological polar surface area (TPSA) is 147 Å². The number of hydrogen-bond acceptors (Lipinski definition) is 10. The van der Waals surface area contributed by atoms with E-state index in [0.29, 0.717) is 0 Å².